The van der Waals surface area contributed by atoms with E-state index in [0.29, 0.717) is 34.8 Å². The number of carbonyl (C=O) groups excluding carboxylic acids is 2. The normalized spacial score (nSPS) is 24.8. The van der Waals surface area contributed by atoms with Crippen molar-refractivity contribution in [1.82, 2.24) is 0 Å². The molecule has 2 aliphatic rings. The number of benzene rings is 1. The van der Waals surface area contributed by atoms with E-state index in [0.717, 1.165) is 0 Å². The monoisotopic (exact) mass is 297 g/mol. The predicted molar refractivity (Wildman–Crippen MR) is 78.6 cm³/mol. The van der Waals surface area contributed by atoms with Crippen molar-refractivity contribution in [2.45, 2.75) is 26.2 Å². The van der Waals surface area contributed by atoms with Gasteiger partial charge in [-0.15, -0.1) is 0 Å². The second kappa shape index (κ2) is 5.29. The second-order valence-electron chi connectivity index (χ2n) is 5.76. The molecule has 0 bridgehead atoms. The summed E-state index contributed by atoms with van der Waals surface area (Å²) in [4.78, 5) is 31.7. The molecule has 1 aromatic rings. The van der Waals surface area contributed by atoms with E-state index in [1.807, 2.05) is 19.1 Å². The zero-order valence-corrected chi connectivity index (χ0v) is 12.1. The summed E-state index contributed by atoms with van der Waals surface area (Å²) in [5.41, 5.74) is 0.578. The molecule has 0 aromatic heterocycles. The minimum absolute atomic E-state index is 0.00690. The Hall–Kier alpha value is -2.63. The van der Waals surface area contributed by atoms with E-state index >= 15 is 0 Å². The summed E-state index contributed by atoms with van der Waals surface area (Å²) in [5.74, 6) is -0.00690. The van der Waals surface area contributed by atoms with E-state index in [1.165, 1.54) is 0 Å². The molecule has 1 heterocycles. The lowest BCUT2D eigenvalue weighted by Crippen LogP contribution is -2.35. The Balaban J connectivity index is 1.91. The molecule has 1 atom stereocenters. The van der Waals surface area contributed by atoms with Crippen LogP contribution in [-0.4, -0.2) is 22.7 Å². The molecule has 2 amide bonds. The lowest BCUT2D eigenvalue weighted by molar-refractivity contribution is -0.124. The van der Waals surface area contributed by atoms with Gasteiger partial charge in [-0.25, -0.2) is 4.79 Å². The molecular formula is C16H15N3O3. The lowest BCUT2D eigenvalue weighted by Gasteiger charge is -2.27. The van der Waals surface area contributed by atoms with Crippen LogP contribution < -0.4 is 10.7 Å². The number of urea groups is 1. The first-order valence-electron chi connectivity index (χ1n) is 7.02. The molecule has 1 aliphatic heterocycles. The van der Waals surface area contributed by atoms with Crippen LogP contribution in [-0.2, 0) is 11.2 Å². The van der Waals surface area contributed by atoms with Gasteiger partial charge in [0.2, 0.25) is 0 Å². The first kappa shape index (κ1) is 14.3. The fourth-order valence-corrected chi connectivity index (χ4v) is 2.82. The molecule has 1 unspecified atom stereocenters. The lowest BCUT2D eigenvalue weighted by atomic mass is 9.75. The maximum atomic E-state index is 12.7. The van der Waals surface area contributed by atoms with Gasteiger partial charge in [0.25, 0.3) is 0 Å². The number of Topliss-reactive ketones (excluding diaryl/α,β-unsaturated/α-hetero) is 1. The van der Waals surface area contributed by atoms with Crippen LogP contribution in [0.4, 0.5) is 4.79 Å². The fraction of sp³-hybridized carbons (Fsp3) is 0.312. The van der Waals surface area contributed by atoms with E-state index in [-0.39, 0.29) is 12.2 Å². The summed E-state index contributed by atoms with van der Waals surface area (Å²) in [6, 6.07) is 4.72. The number of fused-ring (bicyclic) bond motifs is 1. The van der Waals surface area contributed by atoms with Crippen LogP contribution in [0.1, 0.15) is 25.3 Å². The number of para-hydroxylation sites is 1. The van der Waals surface area contributed by atoms with Gasteiger partial charge in [-0.3, -0.25) is 4.79 Å². The molecule has 1 aromatic carbocycles. The van der Waals surface area contributed by atoms with Gasteiger partial charge >= 0.3 is 6.03 Å². The molecule has 6 nitrogen and oxygen atoms in total. The highest BCUT2D eigenvalue weighted by molar-refractivity contribution is 5.97. The number of allylic oxidation sites excluding steroid dienone is 2. The van der Waals surface area contributed by atoms with E-state index in [9.17, 15) is 9.59 Å². The van der Waals surface area contributed by atoms with E-state index in [2.05, 4.69) is 15.1 Å². The Morgan fingerprint density at radius 2 is 2.23 bits per heavy atom. The first-order chi connectivity index (χ1) is 10.5. The van der Waals surface area contributed by atoms with Crippen LogP contribution in [0.5, 0.6) is 0 Å². The summed E-state index contributed by atoms with van der Waals surface area (Å²) in [6.45, 7) is 1.83. The van der Waals surface area contributed by atoms with Crippen molar-refractivity contribution in [1.29, 1.82) is 0 Å². The van der Waals surface area contributed by atoms with Crippen LogP contribution in [0.25, 0.3) is 0 Å². The number of hydrogen-bond donors (Lipinski definition) is 1. The van der Waals surface area contributed by atoms with Gasteiger partial charge in [-0.2, -0.15) is 9.98 Å². The average molecular weight is 297 g/mol. The highest BCUT2D eigenvalue weighted by Gasteiger charge is 2.34. The van der Waals surface area contributed by atoms with Crippen molar-refractivity contribution in [3.63, 3.8) is 0 Å². The van der Waals surface area contributed by atoms with Gasteiger partial charge in [-0.1, -0.05) is 29.4 Å². The Bertz CT molecular complexity index is 839. The van der Waals surface area contributed by atoms with Crippen LogP contribution >= 0.6 is 0 Å². The Kier molecular flexibility index (Phi) is 3.44. The van der Waals surface area contributed by atoms with Crippen LogP contribution in [0.15, 0.2) is 45.5 Å². The second-order valence-corrected chi connectivity index (χ2v) is 5.76. The number of ketones is 1. The Labute approximate surface area is 126 Å². The molecule has 0 spiro atoms. The molecule has 22 heavy (non-hydrogen) atoms. The zero-order valence-electron chi connectivity index (χ0n) is 12.1. The number of carbonyl (C=O) groups is 2. The smallest absolute Gasteiger partial charge is 0.368 e. The number of oxime groups is 1. The van der Waals surface area contributed by atoms with Crippen molar-refractivity contribution >= 4 is 17.5 Å². The number of nitrogens with zero attached hydrogens (tertiary/aromatic N) is 3. The van der Waals surface area contributed by atoms with Crippen LogP contribution in [0, 0.1) is 5.41 Å². The van der Waals surface area contributed by atoms with Gasteiger partial charge in [-0.05, 0) is 18.6 Å². The topological polar surface area (TPSA) is 91.5 Å². The van der Waals surface area contributed by atoms with Crippen molar-refractivity contribution in [3.05, 3.63) is 46.6 Å². The number of rotatable bonds is 3. The van der Waals surface area contributed by atoms with Crippen molar-refractivity contribution < 1.29 is 14.8 Å². The fourth-order valence-electron chi connectivity index (χ4n) is 2.82. The average Bonchev–Trinajstić information content (AvgIpc) is 2.88. The van der Waals surface area contributed by atoms with Gasteiger partial charge in [0.05, 0.1) is 16.4 Å². The third-order valence-electron chi connectivity index (χ3n) is 4.06. The van der Waals surface area contributed by atoms with Crippen LogP contribution in [0.3, 0.4) is 0 Å². The maximum absolute atomic E-state index is 12.7. The van der Waals surface area contributed by atoms with Crippen molar-refractivity contribution in [2.24, 2.45) is 20.6 Å². The van der Waals surface area contributed by atoms with E-state index in [1.54, 1.807) is 18.2 Å². The summed E-state index contributed by atoms with van der Waals surface area (Å²) < 4.78 is 0. The third kappa shape index (κ3) is 2.47. The molecule has 1 aliphatic carbocycles. The predicted octanol–water partition coefficient (Wildman–Crippen LogP) is 1.36. The van der Waals surface area contributed by atoms with E-state index < -0.39 is 11.4 Å². The first-order valence-corrected chi connectivity index (χ1v) is 7.02. The minimum atomic E-state index is -0.706. The van der Waals surface area contributed by atoms with Gasteiger partial charge in [0.15, 0.2) is 0 Å². The summed E-state index contributed by atoms with van der Waals surface area (Å²) in [6.07, 6.45) is 4.82. The molecule has 1 N–H and O–H groups in total. The van der Waals surface area contributed by atoms with E-state index in [4.69, 9.17) is 5.21 Å². The third-order valence-corrected chi connectivity index (χ3v) is 4.06. The Morgan fingerprint density at radius 1 is 1.41 bits per heavy atom. The number of amides is 2. The molecule has 0 fully saturated rings. The molecule has 0 saturated carbocycles. The van der Waals surface area contributed by atoms with Crippen LogP contribution in [0.2, 0.25) is 0 Å². The van der Waals surface area contributed by atoms with Gasteiger partial charge in [0, 0.05) is 24.7 Å². The maximum Gasteiger partial charge on any atom is 0.368 e. The molecule has 6 heteroatoms. The molecule has 0 radical (unpaired) electrons. The highest BCUT2D eigenvalue weighted by Crippen LogP contribution is 2.31. The largest absolute Gasteiger partial charge is 0.411 e. The molecule has 112 valence electrons. The zero-order chi connectivity index (χ0) is 15.7. The molecule has 0 saturated heterocycles. The molecular weight excluding hydrogens is 282 g/mol. The summed E-state index contributed by atoms with van der Waals surface area (Å²) in [5, 5.41) is 13.2. The van der Waals surface area contributed by atoms with Gasteiger partial charge in [0.1, 0.15) is 5.78 Å². The minimum Gasteiger partial charge on any atom is -0.411 e. The standard InChI is InChI=1S/C16H15N3O3/c1-16(7-3-5-11(9-16)19-22)13(20)8-10-4-2-6-12-14(10)18-15(21)17-12/h2-4,6-7,22H,5,8-9H2,1H3. The summed E-state index contributed by atoms with van der Waals surface area (Å²) >= 11 is 0. The molecule has 3 rings (SSSR count). The summed E-state index contributed by atoms with van der Waals surface area (Å²) in [7, 11) is 0. The Morgan fingerprint density at radius 3 is 3.00 bits per heavy atom. The quantitative estimate of drug-likeness (QED) is 0.518. The highest BCUT2D eigenvalue weighted by atomic mass is 16.4. The van der Waals surface area contributed by atoms with Crippen molar-refractivity contribution in [3.8, 4) is 0 Å². The van der Waals surface area contributed by atoms with Crippen molar-refractivity contribution in [2.75, 3.05) is 0 Å². The number of hydrogen-bond acceptors (Lipinski definition) is 4. The SMILES string of the molecule is CC1(C(=O)Cc2cccc3c2=NC(=O)N=3)C=CCC(=NO)C1. The van der Waals surface area contributed by atoms with Gasteiger partial charge < -0.3 is 5.21 Å².